The van der Waals surface area contributed by atoms with E-state index in [0.717, 1.165) is 31.7 Å². The van der Waals surface area contributed by atoms with Gasteiger partial charge in [0.15, 0.2) is 0 Å². The van der Waals surface area contributed by atoms with Gasteiger partial charge in [-0.2, -0.15) is 0 Å². The number of benzene rings is 1. The van der Waals surface area contributed by atoms with Crippen LogP contribution in [0.1, 0.15) is 36.0 Å². The first kappa shape index (κ1) is 17.5. The first-order valence-electron chi connectivity index (χ1n) is 9.05. The lowest BCUT2D eigenvalue weighted by atomic mass is 9.99. The third-order valence-electron chi connectivity index (χ3n) is 5.28. The van der Waals surface area contributed by atoms with Crippen molar-refractivity contribution in [3.63, 3.8) is 0 Å². The van der Waals surface area contributed by atoms with Crippen LogP contribution in [0.15, 0.2) is 42.7 Å². The zero-order valence-electron chi connectivity index (χ0n) is 15.4. The Hall–Kier alpha value is -2.36. The summed E-state index contributed by atoms with van der Waals surface area (Å²) in [7, 11) is 0. The Labute approximate surface area is 150 Å². The number of nitrogens with zero attached hydrogens (tertiary/aromatic N) is 3. The standard InChI is InChI=1S/C21H27N3O/c1-16-6-4-8-20(18(16)3)23-10-12-24(13-11-23)21(25)14-17(2)19-7-5-9-22-15-19/h4-9,15,17H,10-14H2,1-3H3. The lowest BCUT2D eigenvalue weighted by Crippen LogP contribution is -2.49. The summed E-state index contributed by atoms with van der Waals surface area (Å²) in [4.78, 5) is 21.2. The van der Waals surface area contributed by atoms with E-state index in [1.54, 1.807) is 6.20 Å². The molecule has 4 nitrogen and oxygen atoms in total. The number of carbonyl (C=O) groups is 1. The first-order valence-corrected chi connectivity index (χ1v) is 9.05. The summed E-state index contributed by atoms with van der Waals surface area (Å²) in [6.45, 7) is 9.82. The predicted molar refractivity (Wildman–Crippen MR) is 102 cm³/mol. The molecule has 0 radical (unpaired) electrons. The van der Waals surface area contributed by atoms with Crippen LogP contribution in [0.25, 0.3) is 0 Å². The molecule has 1 amide bonds. The smallest absolute Gasteiger partial charge is 0.223 e. The maximum Gasteiger partial charge on any atom is 0.223 e. The van der Waals surface area contributed by atoms with E-state index in [1.807, 2.05) is 23.2 Å². The van der Waals surface area contributed by atoms with E-state index in [1.165, 1.54) is 16.8 Å². The third kappa shape index (κ3) is 4.01. The van der Waals surface area contributed by atoms with Crippen LogP contribution in [0, 0.1) is 13.8 Å². The van der Waals surface area contributed by atoms with Crippen LogP contribution in [0.3, 0.4) is 0 Å². The minimum absolute atomic E-state index is 0.207. The van der Waals surface area contributed by atoms with Gasteiger partial charge in [0.2, 0.25) is 5.91 Å². The number of rotatable bonds is 4. The second-order valence-corrected chi connectivity index (χ2v) is 6.98. The molecule has 0 N–H and O–H groups in total. The third-order valence-corrected chi connectivity index (χ3v) is 5.28. The Morgan fingerprint density at radius 1 is 1.12 bits per heavy atom. The molecule has 1 atom stereocenters. The van der Waals surface area contributed by atoms with Gasteiger partial charge in [-0.05, 0) is 48.6 Å². The Kier molecular flexibility index (Phi) is 5.37. The van der Waals surface area contributed by atoms with E-state index in [0.29, 0.717) is 6.42 Å². The summed E-state index contributed by atoms with van der Waals surface area (Å²) >= 11 is 0. The molecular weight excluding hydrogens is 310 g/mol. The van der Waals surface area contributed by atoms with Gasteiger partial charge in [-0.25, -0.2) is 0 Å². The van der Waals surface area contributed by atoms with E-state index in [9.17, 15) is 4.79 Å². The second kappa shape index (κ2) is 7.68. The Morgan fingerprint density at radius 2 is 1.88 bits per heavy atom. The van der Waals surface area contributed by atoms with E-state index in [2.05, 4.69) is 48.9 Å². The minimum atomic E-state index is 0.207. The lowest BCUT2D eigenvalue weighted by Gasteiger charge is -2.37. The molecule has 0 bridgehead atoms. The molecule has 3 rings (SSSR count). The maximum atomic E-state index is 12.6. The highest BCUT2D eigenvalue weighted by atomic mass is 16.2. The molecule has 1 aromatic carbocycles. The van der Waals surface area contributed by atoms with Gasteiger partial charge in [-0.1, -0.05) is 25.1 Å². The number of piperazine rings is 1. The van der Waals surface area contributed by atoms with Crippen molar-refractivity contribution >= 4 is 11.6 Å². The molecule has 1 saturated heterocycles. The number of carbonyl (C=O) groups excluding carboxylic acids is 1. The number of aromatic nitrogens is 1. The van der Waals surface area contributed by atoms with Crippen LogP contribution in [0.5, 0.6) is 0 Å². The Bertz CT molecular complexity index is 721. The average molecular weight is 337 g/mol. The highest BCUT2D eigenvalue weighted by molar-refractivity contribution is 5.77. The van der Waals surface area contributed by atoms with Crippen molar-refractivity contribution in [3.05, 3.63) is 59.4 Å². The van der Waals surface area contributed by atoms with Crippen LogP contribution in [0.4, 0.5) is 5.69 Å². The molecule has 1 aliphatic rings. The van der Waals surface area contributed by atoms with Gasteiger partial charge in [-0.3, -0.25) is 9.78 Å². The van der Waals surface area contributed by atoms with Crippen molar-refractivity contribution in [2.75, 3.05) is 31.1 Å². The minimum Gasteiger partial charge on any atom is -0.368 e. The number of hydrogen-bond acceptors (Lipinski definition) is 3. The molecule has 1 aliphatic heterocycles. The molecule has 1 fully saturated rings. The fraction of sp³-hybridized carbons (Fsp3) is 0.429. The van der Waals surface area contributed by atoms with Crippen LogP contribution in [-0.2, 0) is 4.79 Å². The largest absolute Gasteiger partial charge is 0.368 e. The monoisotopic (exact) mass is 337 g/mol. The molecule has 2 heterocycles. The Morgan fingerprint density at radius 3 is 2.56 bits per heavy atom. The van der Waals surface area contributed by atoms with Crippen molar-refractivity contribution in [1.29, 1.82) is 0 Å². The normalized spacial score (nSPS) is 16.0. The summed E-state index contributed by atoms with van der Waals surface area (Å²) in [6, 6.07) is 10.4. The number of anilines is 1. The van der Waals surface area contributed by atoms with Gasteiger partial charge in [0, 0.05) is 50.7 Å². The number of pyridine rings is 1. The highest BCUT2D eigenvalue weighted by Gasteiger charge is 2.23. The van der Waals surface area contributed by atoms with Gasteiger partial charge in [-0.15, -0.1) is 0 Å². The summed E-state index contributed by atoms with van der Waals surface area (Å²) in [5, 5.41) is 0. The molecule has 25 heavy (non-hydrogen) atoms. The zero-order chi connectivity index (χ0) is 17.8. The molecule has 0 spiro atoms. The number of aryl methyl sites for hydroxylation is 1. The van der Waals surface area contributed by atoms with Crippen molar-refractivity contribution in [3.8, 4) is 0 Å². The summed E-state index contributed by atoms with van der Waals surface area (Å²) < 4.78 is 0. The van der Waals surface area contributed by atoms with Gasteiger partial charge in [0.1, 0.15) is 0 Å². The van der Waals surface area contributed by atoms with Crippen molar-refractivity contribution < 1.29 is 4.79 Å². The van der Waals surface area contributed by atoms with Crippen molar-refractivity contribution in [2.24, 2.45) is 0 Å². The molecule has 4 heteroatoms. The highest BCUT2D eigenvalue weighted by Crippen LogP contribution is 2.25. The van der Waals surface area contributed by atoms with Crippen molar-refractivity contribution in [2.45, 2.75) is 33.1 Å². The number of hydrogen-bond donors (Lipinski definition) is 0. The summed E-state index contributed by atoms with van der Waals surface area (Å²) in [6.07, 6.45) is 4.18. The first-order chi connectivity index (χ1) is 12.1. The molecule has 132 valence electrons. The topological polar surface area (TPSA) is 36.4 Å². The summed E-state index contributed by atoms with van der Waals surface area (Å²) in [5.41, 5.74) is 5.09. The lowest BCUT2D eigenvalue weighted by molar-refractivity contribution is -0.131. The average Bonchev–Trinajstić information content (AvgIpc) is 2.65. The number of amides is 1. The molecule has 0 aliphatic carbocycles. The van der Waals surface area contributed by atoms with E-state index in [4.69, 9.17) is 0 Å². The molecule has 1 unspecified atom stereocenters. The molecule has 2 aromatic rings. The molecular formula is C21H27N3O. The fourth-order valence-corrected chi connectivity index (χ4v) is 3.45. The van der Waals surface area contributed by atoms with Crippen molar-refractivity contribution in [1.82, 2.24) is 9.88 Å². The van der Waals surface area contributed by atoms with Crippen LogP contribution < -0.4 is 4.90 Å². The second-order valence-electron chi connectivity index (χ2n) is 6.98. The Balaban J connectivity index is 1.57. The summed E-state index contributed by atoms with van der Waals surface area (Å²) in [5.74, 6) is 0.454. The van der Waals surface area contributed by atoms with Crippen LogP contribution in [0.2, 0.25) is 0 Å². The SMILES string of the molecule is Cc1cccc(N2CCN(C(=O)CC(C)c3cccnc3)CC2)c1C. The quantitative estimate of drug-likeness (QED) is 0.856. The van der Waals surface area contributed by atoms with Gasteiger partial charge < -0.3 is 9.80 Å². The zero-order valence-corrected chi connectivity index (χ0v) is 15.4. The van der Waals surface area contributed by atoms with E-state index < -0.39 is 0 Å². The molecule has 0 saturated carbocycles. The van der Waals surface area contributed by atoms with E-state index >= 15 is 0 Å². The van der Waals surface area contributed by atoms with E-state index in [-0.39, 0.29) is 11.8 Å². The van der Waals surface area contributed by atoms with Crippen LogP contribution >= 0.6 is 0 Å². The fourth-order valence-electron chi connectivity index (χ4n) is 3.45. The van der Waals surface area contributed by atoms with Gasteiger partial charge >= 0.3 is 0 Å². The maximum absolute atomic E-state index is 12.6. The predicted octanol–water partition coefficient (Wildman–Crippen LogP) is 3.54. The molecule has 1 aromatic heterocycles. The van der Waals surface area contributed by atoms with Gasteiger partial charge in [0.05, 0.1) is 0 Å². The van der Waals surface area contributed by atoms with Gasteiger partial charge in [0.25, 0.3) is 0 Å². The van der Waals surface area contributed by atoms with Crippen LogP contribution in [-0.4, -0.2) is 42.0 Å².